The molecule has 76 valence electrons. The summed E-state index contributed by atoms with van der Waals surface area (Å²) in [4.78, 5) is 11.1. The molecule has 1 fully saturated rings. The van der Waals surface area contributed by atoms with Crippen LogP contribution in [0.4, 0.5) is 5.69 Å². The van der Waals surface area contributed by atoms with Crippen molar-refractivity contribution in [2.75, 3.05) is 5.73 Å². The van der Waals surface area contributed by atoms with E-state index >= 15 is 0 Å². The van der Waals surface area contributed by atoms with Gasteiger partial charge in [0.1, 0.15) is 11.4 Å². The molecule has 0 saturated heterocycles. The molecule has 0 spiro atoms. The molecule has 1 aliphatic carbocycles. The van der Waals surface area contributed by atoms with E-state index in [2.05, 4.69) is 5.16 Å². The maximum Gasteiger partial charge on any atom is 0.225 e. The quantitative estimate of drug-likeness (QED) is 0.732. The number of nitrogen functional groups attached to an aromatic ring is 1. The van der Waals surface area contributed by atoms with Gasteiger partial charge in [0.05, 0.1) is 0 Å². The van der Waals surface area contributed by atoms with E-state index in [-0.39, 0.29) is 11.5 Å². The highest BCUT2D eigenvalue weighted by molar-refractivity contribution is 5.96. The van der Waals surface area contributed by atoms with E-state index < -0.39 is 0 Å². The Morgan fingerprint density at radius 3 is 2.64 bits per heavy atom. The smallest absolute Gasteiger partial charge is 0.225 e. The van der Waals surface area contributed by atoms with Crippen LogP contribution in [0, 0.1) is 0 Å². The minimum atomic E-state index is -0.153. The molecular weight excluding hydrogens is 180 g/mol. The van der Waals surface area contributed by atoms with Crippen molar-refractivity contribution >= 4 is 11.5 Å². The highest BCUT2D eigenvalue weighted by atomic mass is 16.5. The fourth-order valence-corrected chi connectivity index (χ4v) is 2.06. The highest BCUT2D eigenvalue weighted by Crippen LogP contribution is 2.37. The van der Waals surface area contributed by atoms with Gasteiger partial charge in [-0.2, -0.15) is 0 Å². The lowest BCUT2D eigenvalue weighted by Crippen LogP contribution is -2.01. The number of carbonyl (C=O) groups excluding carboxylic acids is 1. The van der Waals surface area contributed by atoms with Crippen LogP contribution < -0.4 is 5.73 Å². The molecule has 2 N–H and O–H groups in total. The Morgan fingerprint density at radius 2 is 2.14 bits per heavy atom. The molecule has 1 saturated carbocycles. The summed E-state index contributed by atoms with van der Waals surface area (Å²) in [5.74, 6) is 0.456. The third-order valence-corrected chi connectivity index (χ3v) is 2.82. The Labute approximate surface area is 82.4 Å². The molecule has 0 atom stereocenters. The van der Waals surface area contributed by atoms with Crippen molar-refractivity contribution in [3.63, 3.8) is 0 Å². The second-order valence-electron chi connectivity index (χ2n) is 3.85. The van der Waals surface area contributed by atoms with Gasteiger partial charge in [0, 0.05) is 12.8 Å². The van der Waals surface area contributed by atoms with Crippen molar-refractivity contribution in [2.24, 2.45) is 0 Å². The molecule has 14 heavy (non-hydrogen) atoms. The third kappa shape index (κ3) is 1.41. The number of ketones is 1. The first-order valence-electron chi connectivity index (χ1n) is 4.96. The zero-order valence-electron chi connectivity index (χ0n) is 8.25. The van der Waals surface area contributed by atoms with Gasteiger partial charge >= 0.3 is 0 Å². The van der Waals surface area contributed by atoms with Crippen LogP contribution in [0.15, 0.2) is 4.52 Å². The fourth-order valence-electron chi connectivity index (χ4n) is 2.06. The van der Waals surface area contributed by atoms with Crippen LogP contribution >= 0.6 is 0 Å². The maximum atomic E-state index is 11.1. The summed E-state index contributed by atoms with van der Waals surface area (Å²) >= 11 is 0. The van der Waals surface area contributed by atoms with E-state index in [0.29, 0.717) is 11.6 Å². The van der Waals surface area contributed by atoms with Gasteiger partial charge in [-0.1, -0.05) is 18.0 Å². The summed E-state index contributed by atoms with van der Waals surface area (Å²) in [6.45, 7) is 1.44. The third-order valence-electron chi connectivity index (χ3n) is 2.82. The summed E-state index contributed by atoms with van der Waals surface area (Å²) in [5, 5.41) is 3.90. The van der Waals surface area contributed by atoms with Crippen molar-refractivity contribution < 1.29 is 9.32 Å². The number of hydrogen-bond donors (Lipinski definition) is 1. The zero-order valence-corrected chi connectivity index (χ0v) is 8.25. The molecular formula is C10H14N2O2. The number of nitrogens with zero attached hydrogens (tertiary/aromatic N) is 1. The van der Waals surface area contributed by atoms with E-state index in [4.69, 9.17) is 10.3 Å². The molecule has 4 nitrogen and oxygen atoms in total. The summed E-state index contributed by atoms with van der Waals surface area (Å²) in [5.41, 5.74) is 7.04. The first kappa shape index (κ1) is 9.24. The summed E-state index contributed by atoms with van der Waals surface area (Å²) in [6, 6.07) is 0. The lowest BCUT2D eigenvalue weighted by atomic mass is 10.0. The number of nitrogens with two attached hydrogens (primary N) is 1. The van der Waals surface area contributed by atoms with E-state index in [9.17, 15) is 4.79 Å². The van der Waals surface area contributed by atoms with Crippen molar-refractivity contribution in [2.45, 2.75) is 38.5 Å². The summed E-state index contributed by atoms with van der Waals surface area (Å²) in [6.07, 6.45) is 4.64. The van der Waals surface area contributed by atoms with Crippen LogP contribution in [-0.4, -0.2) is 10.9 Å². The van der Waals surface area contributed by atoms with Gasteiger partial charge in [0.2, 0.25) is 5.76 Å². The lowest BCUT2D eigenvalue weighted by molar-refractivity contribution is 0.0979. The molecule has 0 aromatic carbocycles. The van der Waals surface area contributed by atoms with Crippen LogP contribution in [-0.2, 0) is 0 Å². The topological polar surface area (TPSA) is 69.1 Å². The molecule has 0 unspecified atom stereocenters. The first-order valence-corrected chi connectivity index (χ1v) is 4.96. The molecule has 0 radical (unpaired) electrons. The number of hydrogen-bond acceptors (Lipinski definition) is 4. The number of aromatic nitrogens is 1. The minimum Gasteiger partial charge on any atom is -0.394 e. The Morgan fingerprint density at radius 1 is 1.50 bits per heavy atom. The normalized spacial score (nSPS) is 17.5. The van der Waals surface area contributed by atoms with E-state index in [1.165, 1.54) is 19.8 Å². The van der Waals surface area contributed by atoms with Crippen molar-refractivity contribution in [1.29, 1.82) is 0 Å². The highest BCUT2D eigenvalue weighted by Gasteiger charge is 2.26. The molecule has 0 aliphatic heterocycles. The molecule has 2 rings (SSSR count). The van der Waals surface area contributed by atoms with Gasteiger partial charge in [-0.3, -0.25) is 4.79 Å². The molecule has 1 aromatic heterocycles. The molecule has 0 amide bonds. The van der Waals surface area contributed by atoms with Crippen LogP contribution in [0.2, 0.25) is 0 Å². The summed E-state index contributed by atoms with van der Waals surface area (Å²) in [7, 11) is 0. The number of anilines is 1. The molecule has 1 aliphatic rings. The summed E-state index contributed by atoms with van der Waals surface area (Å²) < 4.78 is 4.94. The number of rotatable bonds is 2. The predicted molar refractivity (Wildman–Crippen MR) is 52.1 cm³/mol. The SMILES string of the molecule is CC(=O)c1onc(C2CCCC2)c1N. The maximum absolute atomic E-state index is 11.1. The van der Waals surface area contributed by atoms with Gasteiger partial charge in [-0.15, -0.1) is 0 Å². The second-order valence-corrected chi connectivity index (χ2v) is 3.85. The molecule has 1 heterocycles. The molecule has 4 heteroatoms. The lowest BCUT2D eigenvalue weighted by Gasteiger charge is -2.03. The van der Waals surface area contributed by atoms with Crippen LogP contribution in [0.3, 0.4) is 0 Å². The Hall–Kier alpha value is -1.32. The Bertz CT molecular complexity index is 351. The zero-order chi connectivity index (χ0) is 10.1. The minimum absolute atomic E-state index is 0.153. The second kappa shape index (κ2) is 3.44. The monoisotopic (exact) mass is 194 g/mol. The molecule has 1 aromatic rings. The largest absolute Gasteiger partial charge is 0.394 e. The van der Waals surface area contributed by atoms with E-state index in [1.54, 1.807) is 0 Å². The van der Waals surface area contributed by atoms with Crippen molar-refractivity contribution in [3.8, 4) is 0 Å². The van der Waals surface area contributed by atoms with Crippen LogP contribution in [0.5, 0.6) is 0 Å². The standard InChI is InChI=1S/C10H14N2O2/c1-6(13)10-8(11)9(12-14-10)7-4-2-3-5-7/h7H,2-5,11H2,1H3. The van der Waals surface area contributed by atoms with Crippen LogP contribution in [0.1, 0.15) is 54.8 Å². The number of carbonyl (C=O) groups is 1. The van der Waals surface area contributed by atoms with E-state index in [0.717, 1.165) is 18.5 Å². The molecule has 0 bridgehead atoms. The van der Waals surface area contributed by atoms with Gasteiger partial charge in [-0.25, -0.2) is 0 Å². The van der Waals surface area contributed by atoms with Gasteiger partial charge in [0.15, 0.2) is 5.78 Å². The van der Waals surface area contributed by atoms with Gasteiger partial charge in [0.25, 0.3) is 0 Å². The van der Waals surface area contributed by atoms with Crippen molar-refractivity contribution in [1.82, 2.24) is 5.16 Å². The van der Waals surface area contributed by atoms with Gasteiger partial charge < -0.3 is 10.3 Å². The van der Waals surface area contributed by atoms with Gasteiger partial charge in [-0.05, 0) is 12.8 Å². The Kier molecular flexibility index (Phi) is 2.27. The average Bonchev–Trinajstić information content (AvgIpc) is 2.71. The van der Waals surface area contributed by atoms with Crippen molar-refractivity contribution in [3.05, 3.63) is 11.5 Å². The predicted octanol–water partition coefficient (Wildman–Crippen LogP) is 2.12. The Balaban J connectivity index is 2.30. The van der Waals surface area contributed by atoms with Crippen LogP contribution in [0.25, 0.3) is 0 Å². The first-order chi connectivity index (χ1) is 6.70. The number of Topliss-reactive ketones (excluding diaryl/α,β-unsaturated/α-hetero) is 1. The fraction of sp³-hybridized carbons (Fsp3) is 0.600. The average molecular weight is 194 g/mol. The van der Waals surface area contributed by atoms with E-state index in [1.807, 2.05) is 0 Å².